The number of hydrogen-bond donors (Lipinski definition) is 2. The van der Waals surface area contributed by atoms with E-state index in [0.717, 1.165) is 30.6 Å². The van der Waals surface area contributed by atoms with E-state index in [2.05, 4.69) is 24.1 Å². The molecule has 1 aromatic rings. The molecule has 0 aromatic heterocycles. The molecule has 1 amide bonds. The number of aryl methyl sites for hydroxylation is 1. The van der Waals surface area contributed by atoms with Gasteiger partial charge in [-0.1, -0.05) is 19.9 Å². The number of benzene rings is 1. The average molecular weight is 467 g/mol. The molecule has 0 saturated heterocycles. The van der Waals surface area contributed by atoms with Crippen LogP contribution in [0.15, 0.2) is 18.2 Å². The Labute approximate surface area is 198 Å². The number of amides is 1. The summed E-state index contributed by atoms with van der Waals surface area (Å²) in [5.74, 6) is -0.0270. The Bertz CT molecular complexity index is 767. The zero-order valence-corrected chi connectivity index (χ0v) is 21.2. The molecule has 0 aliphatic heterocycles. The molecule has 0 saturated carbocycles. The van der Waals surface area contributed by atoms with Crippen LogP contribution in [0.1, 0.15) is 57.1 Å². The normalized spacial score (nSPS) is 20.8. The standard InChI is InChI=1S/C26H43FN2O4/c1-19(2)23-22-9-8-21(27)16-20(22)10-11-26(23,31)12-15-29(4)14-7-13-28-24(30)25(3,17-32-5)18-33-6/h8-9,16,19,23,31H,7,10-15,17-18H2,1-6H3,(H,28,30). The summed E-state index contributed by atoms with van der Waals surface area (Å²) in [7, 11) is 5.20. The summed E-state index contributed by atoms with van der Waals surface area (Å²) in [6.45, 7) is 8.85. The molecule has 0 heterocycles. The third-order valence-electron chi connectivity index (χ3n) is 6.92. The fourth-order valence-electron chi connectivity index (χ4n) is 5.22. The Kier molecular flexibility index (Phi) is 10.3. The highest BCUT2D eigenvalue weighted by Crippen LogP contribution is 2.45. The Balaban J connectivity index is 1.85. The van der Waals surface area contributed by atoms with Crippen molar-refractivity contribution in [2.45, 2.75) is 58.0 Å². The van der Waals surface area contributed by atoms with Crippen molar-refractivity contribution in [1.82, 2.24) is 10.2 Å². The van der Waals surface area contributed by atoms with Crippen LogP contribution in [0.3, 0.4) is 0 Å². The molecule has 7 heteroatoms. The molecule has 2 rings (SSSR count). The highest BCUT2D eigenvalue weighted by atomic mass is 19.1. The Morgan fingerprint density at radius 1 is 1.30 bits per heavy atom. The maximum absolute atomic E-state index is 13.7. The Hall–Kier alpha value is -1.54. The molecule has 0 radical (unpaired) electrons. The number of carbonyl (C=O) groups is 1. The van der Waals surface area contributed by atoms with Gasteiger partial charge in [0.25, 0.3) is 0 Å². The predicted octanol–water partition coefficient (Wildman–Crippen LogP) is 3.37. The molecule has 1 aliphatic carbocycles. The molecule has 0 fully saturated rings. The van der Waals surface area contributed by atoms with Crippen molar-refractivity contribution in [3.05, 3.63) is 35.1 Å². The third-order valence-corrected chi connectivity index (χ3v) is 6.92. The molecule has 2 atom stereocenters. The first kappa shape index (κ1) is 27.7. The van der Waals surface area contributed by atoms with Crippen LogP contribution in [0.5, 0.6) is 0 Å². The molecule has 0 spiro atoms. The third kappa shape index (κ3) is 7.22. The summed E-state index contributed by atoms with van der Waals surface area (Å²) in [6.07, 6.45) is 2.82. The lowest BCUT2D eigenvalue weighted by Crippen LogP contribution is -2.46. The van der Waals surface area contributed by atoms with Gasteiger partial charge in [-0.25, -0.2) is 4.39 Å². The van der Waals surface area contributed by atoms with E-state index in [1.165, 1.54) is 6.07 Å². The Morgan fingerprint density at radius 2 is 1.97 bits per heavy atom. The van der Waals surface area contributed by atoms with Crippen molar-refractivity contribution in [2.75, 3.05) is 54.1 Å². The van der Waals surface area contributed by atoms with Crippen molar-refractivity contribution in [1.29, 1.82) is 0 Å². The zero-order valence-electron chi connectivity index (χ0n) is 21.2. The van der Waals surface area contributed by atoms with Gasteiger partial charge < -0.3 is 24.8 Å². The smallest absolute Gasteiger partial charge is 0.230 e. The minimum atomic E-state index is -0.802. The molecule has 33 heavy (non-hydrogen) atoms. The number of fused-ring (bicyclic) bond motifs is 1. The maximum Gasteiger partial charge on any atom is 0.230 e. The van der Waals surface area contributed by atoms with E-state index < -0.39 is 11.0 Å². The quantitative estimate of drug-likeness (QED) is 0.436. The number of methoxy groups -OCH3 is 2. The van der Waals surface area contributed by atoms with Crippen molar-refractivity contribution < 1.29 is 23.8 Å². The number of ether oxygens (including phenoxy) is 2. The van der Waals surface area contributed by atoms with Gasteiger partial charge in [-0.15, -0.1) is 0 Å². The van der Waals surface area contributed by atoms with Gasteiger partial charge in [0, 0.05) is 33.2 Å². The van der Waals surface area contributed by atoms with Crippen molar-refractivity contribution in [3.63, 3.8) is 0 Å². The first-order valence-corrected chi connectivity index (χ1v) is 12.0. The highest BCUT2D eigenvalue weighted by Gasteiger charge is 2.43. The number of aliphatic hydroxyl groups is 1. The monoisotopic (exact) mass is 466 g/mol. The number of halogens is 1. The lowest BCUT2D eigenvalue weighted by molar-refractivity contribution is -0.136. The topological polar surface area (TPSA) is 71.0 Å². The van der Waals surface area contributed by atoms with E-state index in [-0.39, 0.29) is 23.6 Å². The molecular weight excluding hydrogens is 423 g/mol. The predicted molar refractivity (Wildman–Crippen MR) is 129 cm³/mol. The summed E-state index contributed by atoms with van der Waals surface area (Å²) in [4.78, 5) is 14.7. The van der Waals surface area contributed by atoms with Crippen LogP contribution in [0.4, 0.5) is 4.39 Å². The Morgan fingerprint density at radius 3 is 2.58 bits per heavy atom. The zero-order chi connectivity index (χ0) is 24.6. The minimum Gasteiger partial charge on any atom is -0.389 e. The second kappa shape index (κ2) is 12.2. The van der Waals surface area contributed by atoms with Crippen molar-refractivity contribution >= 4 is 5.91 Å². The van der Waals surface area contributed by atoms with Gasteiger partial charge in [0.15, 0.2) is 0 Å². The SMILES string of the molecule is COCC(C)(COC)C(=O)NCCCN(C)CCC1(O)CCc2cc(F)ccc2C1C(C)C. The van der Waals surface area contributed by atoms with Gasteiger partial charge in [-0.2, -0.15) is 0 Å². The van der Waals surface area contributed by atoms with Gasteiger partial charge in [0.05, 0.1) is 24.2 Å². The van der Waals surface area contributed by atoms with Gasteiger partial charge in [0.1, 0.15) is 5.82 Å². The number of rotatable bonds is 13. The van der Waals surface area contributed by atoms with E-state index in [9.17, 15) is 14.3 Å². The fourth-order valence-corrected chi connectivity index (χ4v) is 5.22. The van der Waals surface area contributed by atoms with Crippen LogP contribution in [0.2, 0.25) is 0 Å². The first-order chi connectivity index (χ1) is 15.6. The molecular formula is C26H43FN2O4. The van der Waals surface area contributed by atoms with Gasteiger partial charge in [0.2, 0.25) is 5.91 Å². The van der Waals surface area contributed by atoms with Crippen LogP contribution in [-0.2, 0) is 20.7 Å². The van der Waals surface area contributed by atoms with Gasteiger partial charge in [-0.05, 0) is 75.4 Å². The van der Waals surface area contributed by atoms with Crippen molar-refractivity contribution in [2.24, 2.45) is 11.3 Å². The molecule has 6 nitrogen and oxygen atoms in total. The molecule has 188 valence electrons. The summed E-state index contributed by atoms with van der Waals surface area (Å²) in [6, 6.07) is 4.98. The van der Waals surface area contributed by atoms with Crippen LogP contribution >= 0.6 is 0 Å². The minimum absolute atomic E-state index is 0.00576. The maximum atomic E-state index is 13.7. The number of hydrogen-bond acceptors (Lipinski definition) is 5. The highest BCUT2D eigenvalue weighted by molar-refractivity contribution is 5.82. The largest absolute Gasteiger partial charge is 0.389 e. The number of nitrogens with zero attached hydrogens (tertiary/aromatic N) is 1. The lowest BCUT2D eigenvalue weighted by atomic mass is 9.66. The van der Waals surface area contributed by atoms with Crippen LogP contribution < -0.4 is 5.32 Å². The number of carbonyl (C=O) groups excluding carboxylic acids is 1. The summed E-state index contributed by atoms with van der Waals surface area (Å²) in [5, 5.41) is 14.6. The van der Waals surface area contributed by atoms with E-state index in [1.54, 1.807) is 20.3 Å². The second-order valence-electron chi connectivity index (χ2n) is 10.3. The fraction of sp³-hybridized carbons (Fsp3) is 0.731. The number of nitrogens with one attached hydrogen (secondary N) is 1. The van der Waals surface area contributed by atoms with E-state index in [1.807, 2.05) is 20.0 Å². The van der Waals surface area contributed by atoms with Crippen LogP contribution in [0, 0.1) is 17.2 Å². The summed E-state index contributed by atoms with van der Waals surface area (Å²) >= 11 is 0. The summed E-state index contributed by atoms with van der Waals surface area (Å²) in [5.41, 5.74) is 0.603. The first-order valence-electron chi connectivity index (χ1n) is 12.0. The van der Waals surface area contributed by atoms with Crippen LogP contribution in [0.25, 0.3) is 0 Å². The molecule has 0 bridgehead atoms. The second-order valence-corrected chi connectivity index (χ2v) is 10.3. The van der Waals surface area contributed by atoms with Crippen LogP contribution in [-0.4, -0.2) is 75.6 Å². The lowest BCUT2D eigenvalue weighted by Gasteiger charge is -2.44. The average Bonchev–Trinajstić information content (AvgIpc) is 2.75. The van der Waals surface area contributed by atoms with E-state index in [0.29, 0.717) is 39.0 Å². The van der Waals surface area contributed by atoms with Gasteiger partial charge in [-0.3, -0.25) is 4.79 Å². The molecule has 1 aliphatic rings. The van der Waals surface area contributed by atoms with E-state index >= 15 is 0 Å². The van der Waals surface area contributed by atoms with E-state index in [4.69, 9.17) is 9.47 Å². The molecule has 2 unspecified atom stereocenters. The molecule has 1 aromatic carbocycles. The summed E-state index contributed by atoms with van der Waals surface area (Å²) < 4.78 is 24.1. The molecule has 2 N–H and O–H groups in total. The van der Waals surface area contributed by atoms with Gasteiger partial charge >= 0.3 is 0 Å². The van der Waals surface area contributed by atoms with Crippen molar-refractivity contribution in [3.8, 4) is 0 Å².